The molecule has 5 atom stereocenters. The van der Waals surface area contributed by atoms with Crippen LogP contribution < -0.4 is 0 Å². The lowest BCUT2D eigenvalue weighted by Crippen LogP contribution is -2.30. The van der Waals surface area contributed by atoms with E-state index in [1.807, 2.05) is 0 Å². The summed E-state index contributed by atoms with van der Waals surface area (Å²) >= 11 is 0. The number of esters is 3. The molecule has 5 unspecified atom stereocenters. The third-order valence-electron chi connectivity index (χ3n) is 14.3. The average Bonchev–Trinajstić information content (AvgIpc) is 3.48. The normalized spacial score (nSPS) is 15.0. The summed E-state index contributed by atoms with van der Waals surface area (Å²) < 4.78 is 60.9. The molecule has 0 saturated carbocycles. The number of phosphoric acid groups is 2. The number of unbranched alkanes of at least 4 members (excludes halogenated alkanes) is 21. The van der Waals surface area contributed by atoms with Crippen molar-refractivity contribution in [3.05, 3.63) is 134 Å². The van der Waals surface area contributed by atoms with Gasteiger partial charge < -0.3 is 34.2 Å². The van der Waals surface area contributed by atoms with Crippen LogP contribution in [0, 0.1) is 0 Å². The summed E-state index contributed by atoms with van der Waals surface area (Å²) in [5.41, 5.74) is 0. The van der Waals surface area contributed by atoms with Crippen LogP contribution in [-0.2, 0) is 55.8 Å². The quantitative estimate of drug-likeness (QED) is 0.0146. The minimum atomic E-state index is -4.94. The van der Waals surface area contributed by atoms with Gasteiger partial charge in [-0.1, -0.05) is 238 Å². The van der Waals surface area contributed by atoms with Crippen LogP contribution in [0.5, 0.6) is 0 Å². The van der Waals surface area contributed by atoms with Gasteiger partial charge in [-0.05, 0) is 141 Å². The van der Waals surface area contributed by atoms with Crippen molar-refractivity contribution in [2.45, 2.75) is 283 Å². The molecule has 0 heterocycles. The first-order valence-corrected chi connectivity index (χ1v) is 38.5. The lowest BCUT2D eigenvalue weighted by atomic mass is 10.1. The fourth-order valence-corrected chi connectivity index (χ4v) is 10.5. The van der Waals surface area contributed by atoms with Crippen molar-refractivity contribution in [2.75, 3.05) is 39.6 Å². The summed E-state index contributed by atoms with van der Waals surface area (Å²) in [4.78, 5) is 58.5. The summed E-state index contributed by atoms with van der Waals surface area (Å²) in [6.07, 6.45) is 79.2. The molecule has 0 aromatic rings. The van der Waals surface area contributed by atoms with Crippen molar-refractivity contribution in [3.63, 3.8) is 0 Å². The van der Waals surface area contributed by atoms with E-state index in [1.54, 1.807) is 0 Å². The fraction of sp³-hybridized carbons (Fsp3) is 0.667. The highest BCUT2D eigenvalue weighted by atomic mass is 31.2. The number of aliphatic hydroxyl groups excluding tert-OH is 2. The zero-order valence-corrected chi connectivity index (χ0v) is 59.4. The molecule has 0 aromatic carbocycles. The number of carbonyl (C=O) groups is 3. The molecule has 18 heteroatoms. The lowest BCUT2D eigenvalue weighted by molar-refractivity contribution is -0.161. The summed E-state index contributed by atoms with van der Waals surface area (Å²) in [5.74, 6) is -1.64. The molecule has 0 fully saturated rings. The largest absolute Gasteiger partial charge is 0.472 e. The minimum Gasteiger partial charge on any atom is -0.463 e. The molecule has 0 aromatic heterocycles. The molecule has 0 saturated heterocycles. The first-order chi connectivity index (χ1) is 45.2. The maximum Gasteiger partial charge on any atom is 0.472 e. The molecule has 93 heavy (non-hydrogen) atoms. The van der Waals surface area contributed by atoms with Gasteiger partial charge >= 0.3 is 33.6 Å². The summed E-state index contributed by atoms with van der Waals surface area (Å²) in [6.45, 7) is 2.42. The molecule has 0 rings (SSSR count). The third kappa shape index (κ3) is 68.9. The monoisotopic (exact) mass is 1340 g/mol. The number of hydrogen-bond donors (Lipinski definition) is 4. The Hall–Kier alpha value is -4.31. The lowest BCUT2D eigenvalue weighted by Gasteiger charge is -2.21. The van der Waals surface area contributed by atoms with E-state index in [0.29, 0.717) is 19.3 Å². The Morgan fingerprint density at radius 1 is 0.312 bits per heavy atom. The SMILES string of the molecule is CC/C=C\C/C=C\C/C=C\C/C=C\CCCCCCC(=O)OC(COC(=O)CCCCCCCC/C=C\C/C=C\C/C=C\CCCCC)COP(=O)(O)OCC(O)COP(=O)(O)OCC(O)COC(=O)CCCCCCC/C=C\C/C=C\C/C=C\C/C=C\CCCCC. The molecule has 0 bridgehead atoms. The number of carbonyl (C=O) groups excluding carboxylic acids is 3. The second kappa shape index (κ2) is 67.7. The van der Waals surface area contributed by atoms with E-state index in [1.165, 1.54) is 44.9 Å². The van der Waals surface area contributed by atoms with Gasteiger partial charge in [0.15, 0.2) is 6.10 Å². The number of aliphatic hydroxyl groups is 2. The molecule has 0 amide bonds. The molecule has 4 N–H and O–H groups in total. The van der Waals surface area contributed by atoms with E-state index in [9.17, 15) is 43.5 Å². The van der Waals surface area contributed by atoms with Crippen LogP contribution in [-0.4, -0.2) is 95.9 Å². The van der Waals surface area contributed by atoms with Gasteiger partial charge in [0, 0.05) is 19.3 Å². The zero-order chi connectivity index (χ0) is 68.1. The smallest absolute Gasteiger partial charge is 0.463 e. The van der Waals surface area contributed by atoms with Gasteiger partial charge in [0.05, 0.1) is 26.4 Å². The van der Waals surface area contributed by atoms with Crippen molar-refractivity contribution in [1.82, 2.24) is 0 Å². The van der Waals surface area contributed by atoms with Crippen molar-refractivity contribution in [3.8, 4) is 0 Å². The van der Waals surface area contributed by atoms with Crippen LogP contribution >= 0.6 is 15.6 Å². The van der Waals surface area contributed by atoms with Gasteiger partial charge in [0.1, 0.15) is 25.4 Å². The maximum atomic E-state index is 12.9. The highest BCUT2D eigenvalue weighted by molar-refractivity contribution is 7.47. The number of allylic oxidation sites excluding steroid dienone is 22. The van der Waals surface area contributed by atoms with Crippen molar-refractivity contribution in [1.29, 1.82) is 0 Å². The molecular weight excluding hydrogens is 1220 g/mol. The van der Waals surface area contributed by atoms with Crippen LogP contribution in [0.3, 0.4) is 0 Å². The molecule has 0 aliphatic carbocycles. The molecule has 0 aliphatic rings. The van der Waals surface area contributed by atoms with Gasteiger partial charge in [0.25, 0.3) is 0 Å². The zero-order valence-electron chi connectivity index (χ0n) is 57.6. The predicted molar refractivity (Wildman–Crippen MR) is 380 cm³/mol. The van der Waals surface area contributed by atoms with Crippen LogP contribution in [0.4, 0.5) is 0 Å². The van der Waals surface area contributed by atoms with E-state index in [0.717, 1.165) is 161 Å². The van der Waals surface area contributed by atoms with E-state index in [2.05, 4.69) is 154 Å². The number of ether oxygens (including phenoxy) is 3. The van der Waals surface area contributed by atoms with E-state index in [-0.39, 0.29) is 19.3 Å². The van der Waals surface area contributed by atoms with E-state index in [4.69, 9.17) is 32.3 Å². The molecule has 0 aliphatic heterocycles. The van der Waals surface area contributed by atoms with Crippen molar-refractivity contribution in [2.24, 2.45) is 0 Å². The van der Waals surface area contributed by atoms with Crippen molar-refractivity contribution >= 4 is 33.6 Å². The Labute approximate surface area is 563 Å². The molecule has 16 nitrogen and oxygen atoms in total. The molecular formula is C75H126O16P2. The van der Waals surface area contributed by atoms with Crippen LogP contribution in [0.25, 0.3) is 0 Å². The highest BCUT2D eigenvalue weighted by Gasteiger charge is 2.29. The number of phosphoric ester groups is 2. The topological polar surface area (TPSA) is 231 Å². The Morgan fingerprint density at radius 3 is 0.903 bits per heavy atom. The van der Waals surface area contributed by atoms with Gasteiger partial charge in [-0.25, -0.2) is 9.13 Å². The Kier molecular flexibility index (Phi) is 64.5. The van der Waals surface area contributed by atoms with E-state index < -0.39 is 91.5 Å². The van der Waals surface area contributed by atoms with Gasteiger partial charge in [-0.3, -0.25) is 32.5 Å². The Morgan fingerprint density at radius 2 is 0.570 bits per heavy atom. The summed E-state index contributed by atoms with van der Waals surface area (Å²) in [7, 11) is -9.81. The molecule has 532 valence electrons. The molecule has 0 spiro atoms. The minimum absolute atomic E-state index is 0.0688. The number of rotatable bonds is 66. The standard InChI is InChI=1S/C75H126O16P2/c1-4-7-10-13-16-19-22-25-28-31-33-34-36-39-40-43-46-49-52-55-58-61-73(78)85-64-70(76)65-87-92(81,82)88-66-71(77)67-89-93(83,84)90-69-72(91-75(80)63-60-57-54-51-48-45-42-37-30-27-24-21-18-15-12-9-6-3)68-86-74(79)62-59-56-53-50-47-44-41-38-35-32-29-26-23-20-17-14-11-8-5-2/h9,12,16-21,25-30,33-35,38-40,42,45,70-72,76-77H,4-8,10-11,13-15,22-24,31-32,36-37,41,43-44,46-69H2,1-3H3,(H,81,82)(H,83,84)/b12-9-,19-16-,20-17-,21-18-,28-25-,29-26-,30-27-,34-33-,38-35-,40-39-,45-42-. The third-order valence-corrected chi connectivity index (χ3v) is 16.2. The second-order valence-corrected chi connectivity index (χ2v) is 26.2. The Bertz CT molecular complexity index is 2230. The first-order valence-electron chi connectivity index (χ1n) is 35.5. The highest BCUT2D eigenvalue weighted by Crippen LogP contribution is 2.45. The summed E-state index contributed by atoms with van der Waals surface area (Å²) in [6, 6.07) is 0. The van der Waals surface area contributed by atoms with Crippen molar-refractivity contribution < 1.29 is 75.8 Å². The Balaban J connectivity index is 4.74. The maximum absolute atomic E-state index is 12.9. The van der Waals surface area contributed by atoms with Crippen LogP contribution in [0.15, 0.2) is 134 Å². The predicted octanol–water partition coefficient (Wildman–Crippen LogP) is 20.0. The van der Waals surface area contributed by atoms with Crippen LogP contribution in [0.1, 0.15) is 265 Å². The first kappa shape index (κ1) is 88.7. The number of hydrogen-bond acceptors (Lipinski definition) is 14. The molecule has 0 radical (unpaired) electrons. The van der Waals surface area contributed by atoms with Gasteiger partial charge in [-0.2, -0.15) is 0 Å². The van der Waals surface area contributed by atoms with Gasteiger partial charge in [-0.15, -0.1) is 0 Å². The average molecular weight is 1350 g/mol. The second-order valence-electron chi connectivity index (χ2n) is 23.3. The van der Waals surface area contributed by atoms with E-state index >= 15 is 0 Å². The van der Waals surface area contributed by atoms with Crippen LogP contribution in [0.2, 0.25) is 0 Å². The summed E-state index contributed by atoms with van der Waals surface area (Å²) in [5, 5.41) is 20.6. The van der Waals surface area contributed by atoms with Gasteiger partial charge in [0.2, 0.25) is 0 Å². The fourth-order valence-electron chi connectivity index (χ4n) is 8.90.